The Morgan fingerprint density at radius 2 is 2.04 bits per heavy atom. The SMILES string of the molecule is COc1ccc(C)cc1N1CC(C(=O)NCc2cccc(C(=O)O)c2)CC1=O. The summed E-state index contributed by atoms with van der Waals surface area (Å²) in [5.74, 6) is -1.26. The number of nitrogens with zero attached hydrogens (tertiary/aromatic N) is 1. The van der Waals surface area contributed by atoms with Gasteiger partial charge < -0.3 is 20.1 Å². The Kier molecular flexibility index (Phi) is 5.63. The van der Waals surface area contributed by atoms with E-state index in [-0.39, 0.29) is 36.9 Å². The van der Waals surface area contributed by atoms with E-state index in [1.54, 1.807) is 30.2 Å². The molecule has 1 heterocycles. The maximum atomic E-state index is 12.5. The molecule has 2 aromatic carbocycles. The number of carboxylic acid groups (broad SMARTS) is 1. The van der Waals surface area contributed by atoms with Gasteiger partial charge in [0.05, 0.1) is 24.3 Å². The van der Waals surface area contributed by atoms with Crippen molar-refractivity contribution in [2.75, 3.05) is 18.6 Å². The van der Waals surface area contributed by atoms with Crippen LogP contribution in [0.5, 0.6) is 5.75 Å². The Morgan fingerprint density at radius 1 is 1.25 bits per heavy atom. The monoisotopic (exact) mass is 382 g/mol. The number of carboxylic acids is 1. The van der Waals surface area contributed by atoms with E-state index < -0.39 is 11.9 Å². The minimum absolute atomic E-state index is 0.123. The van der Waals surface area contributed by atoms with Gasteiger partial charge in [0, 0.05) is 19.5 Å². The molecule has 7 heteroatoms. The number of aromatic carboxylic acids is 1. The van der Waals surface area contributed by atoms with Gasteiger partial charge in [-0.2, -0.15) is 0 Å². The Hall–Kier alpha value is -3.35. The Balaban J connectivity index is 1.66. The molecule has 0 aliphatic carbocycles. The molecule has 2 N–H and O–H groups in total. The molecule has 1 atom stereocenters. The first kappa shape index (κ1) is 19.4. The summed E-state index contributed by atoms with van der Waals surface area (Å²) in [4.78, 5) is 37.7. The van der Waals surface area contributed by atoms with Gasteiger partial charge in [0.1, 0.15) is 5.75 Å². The van der Waals surface area contributed by atoms with Crippen molar-refractivity contribution in [2.24, 2.45) is 5.92 Å². The molecule has 1 saturated heterocycles. The zero-order valence-corrected chi connectivity index (χ0v) is 15.8. The third-order valence-electron chi connectivity index (χ3n) is 4.76. The molecule has 0 radical (unpaired) electrons. The molecule has 0 bridgehead atoms. The van der Waals surface area contributed by atoms with Crippen molar-refractivity contribution < 1.29 is 24.2 Å². The minimum atomic E-state index is -1.02. The zero-order chi connectivity index (χ0) is 20.3. The van der Waals surface area contributed by atoms with E-state index in [9.17, 15) is 14.4 Å². The van der Waals surface area contributed by atoms with Gasteiger partial charge in [0.25, 0.3) is 0 Å². The smallest absolute Gasteiger partial charge is 0.335 e. The fraction of sp³-hybridized carbons (Fsp3) is 0.286. The van der Waals surface area contributed by atoms with Gasteiger partial charge in [-0.1, -0.05) is 18.2 Å². The van der Waals surface area contributed by atoms with E-state index in [4.69, 9.17) is 9.84 Å². The summed E-state index contributed by atoms with van der Waals surface area (Å²) >= 11 is 0. The van der Waals surface area contributed by atoms with Gasteiger partial charge in [-0.15, -0.1) is 0 Å². The third-order valence-corrected chi connectivity index (χ3v) is 4.76. The fourth-order valence-corrected chi connectivity index (χ4v) is 3.27. The highest BCUT2D eigenvalue weighted by Gasteiger charge is 2.36. The number of hydrogen-bond donors (Lipinski definition) is 2. The summed E-state index contributed by atoms with van der Waals surface area (Å²) < 4.78 is 5.35. The number of aryl methyl sites for hydroxylation is 1. The van der Waals surface area contributed by atoms with Gasteiger partial charge in [-0.3, -0.25) is 9.59 Å². The summed E-state index contributed by atoms with van der Waals surface area (Å²) in [6.45, 7) is 2.41. The molecule has 0 saturated carbocycles. The van der Waals surface area contributed by atoms with Crippen molar-refractivity contribution in [3.63, 3.8) is 0 Å². The number of ether oxygens (including phenoxy) is 1. The average Bonchev–Trinajstić information content (AvgIpc) is 3.08. The van der Waals surface area contributed by atoms with Crippen LogP contribution in [0.4, 0.5) is 5.69 Å². The second kappa shape index (κ2) is 8.12. The number of carbonyl (C=O) groups excluding carboxylic acids is 2. The molecule has 0 spiro atoms. The third kappa shape index (κ3) is 4.14. The number of rotatable bonds is 6. The number of nitrogens with one attached hydrogen (secondary N) is 1. The molecule has 1 fully saturated rings. The number of carbonyl (C=O) groups is 3. The van der Waals surface area contributed by atoms with Crippen molar-refractivity contribution in [1.29, 1.82) is 0 Å². The highest BCUT2D eigenvalue weighted by atomic mass is 16.5. The molecule has 28 heavy (non-hydrogen) atoms. The lowest BCUT2D eigenvalue weighted by atomic mass is 10.1. The van der Waals surface area contributed by atoms with Crippen LogP contribution in [0.15, 0.2) is 42.5 Å². The predicted octanol–water partition coefficient (Wildman–Crippen LogP) is 2.37. The van der Waals surface area contributed by atoms with Crippen LogP contribution in [-0.2, 0) is 16.1 Å². The fourth-order valence-electron chi connectivity index (χ4n) is 3.27. The van der Waals surface area contributed by atoms with Gasteiger partial charge >= 0.3 is 5.97 Å². The van der Waals surface area contributed by atoms with E-state index >= 15 is 0 Å². The largest absolute Gasteiger partial charge is 0.495 e. The lowest BCUT2D eigenvalue weighted by Gasteiger charge is -2.20. The standard InChI is InChI=1S/C21H22N2O5/c1-13-6-7-18(28-2)17(8-13)23-12-16(10-19(23)24)20(25)22-11-14-4-3-5-15(9-14)21(26)27/h3-9,16H,10-12H2,1-2H3,(H,22,25)(H,26,27). The van der Waals surface area contributed by atoms with Gasteiger partial charge in [0.15, 0.2) is 0 Å². The highest BCUT2D eigenvalue weighted by molar-refractivity contribution is 6.01. The van der Waals surface area contributed by atoms with Crippen LogP contribution in [0.2, 0.25) is 0 Å². The molecule has 7 nitrogen and oxygen atoms in total. The second-order valence-corrected chi connectivity index (χ2v) is 6.80. The molecule has 1 aliphatic rings. The van der Waals surface area contributed by atoms with Crippen molar-refractivity contribution in [1.82, 2.24) is 5.32 Å². The van der Waals surface area contributed by atoms with Crippen LogP contribution in [0.25, 0.3) is 0 Å². The van der Waals surface area contributed by atoms with Crippen molar-refractivity contribution >= 4 is 23.5 Å². The molecule has 3 rings (SSSR count). The van der Waals surface area contributed by atoms with E-state index in [0.717, 1.165) is 5.56 Å². The van der Waals surface area contributed by atoms with Crippen LogP contribution in [0.1, 0.15) is 27.9 Å². The van der Waals surface area contributed by atoms with Crippen LogP contribution in [0, 0.1) is 12.8 Å². The van der Waals surface area contributed by atoms with Crippen molar-refractivity contribution in [3.05, 3.63) is 59.2 Å². The zero-order valence-electron chi connectivity index (χ0n) is 15.8. The lowest BCUT2D eigenvalue weighted by Crippen LogP contribution is -2.32. The van der Waals surface area contributed by atoms with E-state index in [1.807, 2.05) is 19.1 Å². The normalized spacial score (nSPS) is 16.1. The van der Waals surface area contributed by atoms with Crippen molar-refractivity contribution in [3.8, 4) is 5.75 Å². The summed E-state index contributed by atoms with van der Waals surface area (Å²) in [5, 5.41) is 11.8. The topological polar surface area (TPSA) is 95.9 Å². The molecule has 1 unspecified atom stereocenters. The summed E-state index contributed by atoms with van der Waals surface area (Å²) in [6.07, 6.45) is 0.123. The second-order valence-electron chi connectivity index (χ2n) is 6.80. The number of hydrogen-bond acceptors (Lipinski definition) is 4. The minimum Gasteiger partial charge on any atom is -0.495 e. The van der Waals surface area contributed by atoms with Gasteiger partial charge in [0.2, 0.25) is 11.8 Å². The van der Waals surface area contributed by atoms with Crippen LogP contribution in [-0.4, -0.2) is 36.5 Å². The molecule has 146 valence electrons. The molecule has 2 amide bonds. The number of methoxy groups -OCH3 is 1. The Morgan fingerprint density at radius 3 is 2.75 bits per heavy atom. The Bertz CT molecular complexity index is 925. The van der Waals surface area contributed by atoms with E-state index in [2.05, 4.69) is 5.32 Å². The maximum Gasteiger partial charge on any atom is 0.335 e. The quantitative estimate of drug-likeness (QED) is 0.800. The molecule has 0 aromatic heterocycles. The average molecular weight is 382 g/mol. The maximum absolute atomic E-state index is 12.5. The number of benzene rings is 2. The lowest BCUT2D eigenvalue weighted by molar-refractivity contribution is -0.126. The van der Waals surface area contributed by atoms with Crippen LogP contribution >= 0.6 is 0 Å². The number of anilines is 1. The molecule has 1 aliphatic heterocycles. The summed E-state index contributed by atoms with van der Waals surface area (Å²) in [5.41, 5.74) is 2.52. The first-order chi connectivity index (χ1) is 13.4. The van der Waals surface area contributed by atoms with Crippen LogP contribution < -0.4 is 15.0 Å². The van der Waals surface area contributed by atoms with Crippen LogP contribution in [0.3, 0.4) is 0 Å². The van der Waals surface area contributed by atoms with Crippen molar-refractivity contribution in [2.45, 2.75) is 19.9 Å². The molecular formula is C21H22N2O5. The first-order valence-corrected chi connectivity index (χ1v) is 8.94. The summed E-state index contributed by atoms with van der Waals surface area (Å²) in [7, 11) is 1.55. The van der Waals surface area contributed by atoms with E-state index in [0.29, 0.717) is 17.0 Å². The summed E-state index contributed by atoms with van der Waals surface area (Å²) in [6, 6.07) is 12.0. The van der Waals surface area contributed by atoms with E-state index in [1.165, 1.54) is 12.1 Å². The predicted molar refractivity (Wildman–Crippen MR) is 103 cm³/mol. The number of amides is 2. The first-order valence-electron chi connectivity index (χ1n) is 8.94. The molecular weight excluding hydrogens is 360 g/mol. The molecule has 2 aromatic rings. The van der Waals surface area contributed by atoms with Gasteiger partial charge in [-0.05, 0) is 42.3 Å². The Labute approximate surface area is 162 Å². The van der Waals surface area contributed by atoms with Gasteiger partial charge in [-0.25, -0.2) is 4.79 Å². The highest BCUT2D eigenvalue weighted by Crippen LogP contribution is 2.33.